The van der Waals surface area contributed by atoms with E-state index in [1.54, 1.807) is 0 Å². The Balaban J connectivity index is 2.00. The number of rotatable bonds is 6. The maximum Gasteiger partial charge on any atom is 0.167 e. The zero-order chi connectivity index (χ0) is 13.7. The summed E-state index contributed by atoms with van der Waals surface area (Å²) in [6, 6.07) is 3.18. The minimum absolute atomic E-state index is 0.00385. The van der Waals surface area contributed by atoms with Crippen LogP contribution in [0.2, 0.25) is 0 Å². The maximum absolute atomic E-state index is 13.4. The second-order valence-corrected chi connectivity index (χ2v) is 4.59. The number of anilines is 1. The van der Waals surface area contributed by atoms with Gasteiger partial charge in [0, 0.05) is 24.1 Å². The summed E-state index contributed by atoms with van der Waals surface area (Å²) in [6.07, 6.45) is 0.977. The molecular formula is C12H13F2N3OS. The van der Waals surface area contributed by atoms with Crippen molar-refractivity contribution in [2.45, 2.75) is 20.0 Å². The zero-order valence-corrected chi connectivity index (χ0v) is 11.1. The summed E-state index contributed by atoms with van der Waals surface area (Å²) in [6.45, 7) is 2.94. The Hall–Kier alpha value is -1.76. The van der Waals surface area contributed by atoms with E-state index in [-0.39, 0.29) is 12.4 Å². The van der Waals surface area contributed by atoms with Gasteiger partial charge in [0.15, 0.2) is 11.6 Å². The second kappa shape index (κ2) is 6.42. The normalized spacial score (nSPS) is 10.5. The van der Waals surface area contributed by atoms with E-state index in [4.69, 9.17) is 4.74 Å². The monoisotopic (exact) mass is 285 g/mol. The lowest BCUT2D eigenvalue weighted by atomic mass is 10.3. The third kappa shape index (κ3) is 3.60. The van der Waals surface area contributed by atoms with Crippen LogP contribution in [0.4, 0.5) is 13.8 Å². The maximum atomic E-state index is 13.4. The number of ether oxygens (including phenoxy) is 1. The first-order valence-electron chi connectivity index (χ1n) is 5.83. The highest BCUT2D eigenvalue weighted by atomic mass is 32.1. The van der Waals surface area contributed by atoms with E-state index < -0.39 is 11.6 Å². The summed E-state index contributed by atoms with van der Waals surface area (Å²) >= 11 is 1.23. The molecule has 0 unspecified atom stereocenters. The van der Waals surface area contributed by atoms with Gasteiger partial charge in [0.25, 0.3) is 0 Å². The fraction of sp³-hybridized carbons (Fsp3) is 0.333. The molecule has 0 aliphatic carbocycles. The summed E-state index contributed by atoms with van der Waals surface area (Å²) in [7, 11) is 0. The molecule has 0 spiro atoms. The van der Waals surface area contributed by atoms with Gasteiger partial charge in [0.05, 0.1) is 0 Å². The molecule has 0 saturated heterocycles. The molecule has 0 aliphatic heterocycles. The van der Waals surface area contributed by atoms with Crippen LogP contribution in [0.5, 0.6) is 5.75 Å². The molecule has 4 nitrogen and oxygen atoms in total. The van der Waals surface area contributed by atoms with Crippen LogP contribution in [0.15, 0.2) is 18.2 Å². The molecule has 2 rings (SSSR count). The second-order valence-electron chi connectivity index (χ2n) is 3.84. The molecule has 2 aromatic rings. The van der Waals surface area contributed by atoms with E-state index in [2.05, 4.69) is 14.9 Å². The number of benzene rings is 1. The van der Waals surface area contributed by atoms with Crippen LogP contribution >= 0.6 is 11.5 Å². The Morgan fingerprint density at radius 3 is 2.95 bits per heavy atom. The van der Waals surface area contributed by atoms with Gasteiger partial charge in [-0.15, -0.1) is 5.10 Å². The number of hydrogen-bond acceptors (Lipinski definition) is 5. The van der Waals surface area contributed by atoms with Crippen molar-refractivity contribution in [1.29, 1.82) is 0 Å². The number of nitrogens with zero attached hydrogens (tertiary/aromatic N) is 2. The van der Waals surface area contributed by atoms with Crippen LogP contribution in [0.1, 0.15) is 19.0 Å². The van der Waals surface area contributed by atoms with E-state index >= 15 is 0 Å². The van der Waals surface area contributed by atoms with Gasteiger partial charge in [-0.2, -0.15) is 0 Å². The highest BCUT2D eigenvalue weighted by Crippen LogP contribution is 2.22. The molecule has 0 amide bonds. The van der Waals surface area contributed by atoms with Gasteiger partial charge in [0.1, 0.15) is 23.1 Å². The fourth-order valence-electron chi connectivity index (χ4n) is 1.41. The van der Waals surface area contributed by atoms with Crippen molar-refractivity contribution in [2.24, 2.45) is 0 Å². The lowest BCUT2D eigenvalue weighted by Crippen LogP contribution is -2.04. The van der Waals surface area contributed by atoms with Crippen molar-refractivity contribution in [2.75, 3.05) is 11.9 Å². The average molecular weight is 285 g/mol. The Labute approximate surface area is 113 Å². The summed E-state index contributed by atoms with van der Waals surface area (Å²) in [5.41, 5.74) is 0.613. The van der Waals surface area contributed by atoms with E-state index in [1.807, 2.05) is 6.92 Å². The third-order valence-electron chi connectivity index (χ3n) is 2.35. The molecule has 19 heavy (non-hydrogen) atoms. The molecular weight excluding hydrogens is 272 g/mol. The minimum Gasteiger partial charge on any atom is -0.484 e. The lowest BCUT2D eigenvalue weighted by molar-refractivity contribution is 0.285. The van der Waals surface area contributed by atoms with Gasteiger partial charge in [-0.05, 0) is 18.6 Å². The molecule has 0 fully saturated rings. The van der Waals surface area contributed by atoms with Gasteiger partial charge in [0.2, 0.25) is 0 Å². The van der Waals surface area contributed by atoms with Crippen LogP contribution in [0.25, 0.3) is 0 Å². The molecule has 1 aromatic carbocycles. The SMILES string of the molecule is CCCNc1snnc1COc1ccc(F)cc1F. The summed E-state index contributed by atoms with van der Waals surface area (Å²) in [5, 5.41) is 7.89. The molecule has 1 aromatic heterocycles. The predicted octanol–water partition coefficient (Wildman–Crippen LogP) is 3.22. The zero-order valence-electron chi connectivity index (χ0n) is 10.3. The molecule has 1 heterocycles. The standard InChI is InChI=1S/C12H13F2N3OS/c1-2-5-15-12-10(16-17-19-12)7-18-11-4-3-8(13)6-9(11)14/h3-4,6,15H,2,5,7H2,1H3. The Morgan fingerprint density at radius 2 is 2.21 bits per heavy atom. The Bertz CT molecular complexity index is 548. The lowest BCUT2D eigenvalue weighted by Gasteiger charge is -2.07. The quantitative estimate of drug-likeness (QED) is 0.885. The van der Waals surface area contributed by atoms with Gasteiger partial charge >= 0.3 is 0 Å². The number of nitrogens with one attached hydrogen (secondary N) is 1. The molecule has 102 valence electrons. The van der Waals surface area contributed by atoms with Crippen LogP contribution in [-0.2, 0) is 6.61 Å². The molecule has 0 aliphatic rings. The van der Waals surface area contributed by atoms with Crippen molar-refractivity contribution in [3.8, 4) is 5.75 Å². The largest absolute Gasteiger partial charge is 0.484 e. The number of halogens is 2. The summed E-state index contributed by atoms with van der Waals surface area (Å²) in [4.78, 5) is 0. The van der Waals surface area contributed by atoms with Crippen LogP contribution < -0.4 is 10.1 Å². The average Bonchev–Trinajstić information content (AvgIpc) is 2.83. The minimum atomic E-state index is -0.730. The Kier molecular flexibility index (Phi) is 4.62. The van der Waals surface area contributed by atoms with Crippen molar-refractivity contribution in [1.82, 2.24) is 9.59 Å². The molecule has 0 bridgehead atoms. The molecule has 0 saturated carbocycles. The highest BCUT2D eigenvalue weighted by Gasteiger charge is 2.10. The highest BCUT2D eigenvalue weighted by molar-refractivity contribution is 7.10. The predicted molar refractivity (Wildman–Crippen MR) is 69.4 cm³/mol. The van der Waals surface area contributed by atoms with Gasteiger partial charge in [-0.25, -0.2) is 8.78 Å². The van der Waals surface area contributed by atoms with Crippen LogP contribution in [-0.4, -0.2) is 16.1 Å². The fourth-order valence-corrected chi connectivity index (χ4v) is 2.01. The first kappa shape index (κ1) is 13.7. The van der Waals surface area contributed by atoms with Gasteiger partial charge in [-0.1, -0.05) is 11.4 Å². The van der Waals surface area contributed by atoms with Gasteiger partial charge in [-0.3, -0.25) is 0 Å². The molecule has 0 radical (unpaired) electrons. The Morgan fingerprint density at radius 1 is 1.37 bits per heavy atom. The van der Waals surface area contributed by atoms with E-state index in [9.17, 15) is 8.78 Å². The topological polar surface area (TPSA) is 47.0 Å². The van der Waals surface area contributed by atoms with Crippen molar-refractivity contribution >= 4 is 16.5 Å². The summed E-state index contributed by atoms with van der Waals surface area (Å²) in [5.74, 6) is -1.37. The van der Waals surface area contributed by atoms with Crippen molar-refractivity contribution in [3.05, 3.63) is 35.5 Å². The third-order valence-corrected chi connectivity index (χ3v) is 3.08. The van der Waals surface area contributed by atoms with Crippen molar-refractivity contribution < 1.29 is 13.5 Å². The number of hydrogen-bond donors (Lipinski definition) is 1. The van der Waals surface area contributed by atoms with Gasteiger partial charge < -0.3 is 10.1 Å². The molecule has 1 N–H and O–H groups in total. The number of aromatic nitrogens is 2. The molecule has 7 heteroatoms. The van der Waals surface area contributed by atoms with E-state index in [1.165, 1.54) is 17.6 Å². The van der Waals surface area contributed by atoms with E-state index in [0.717, 1.165) is 30.1 Å². The first-order chi connectivity index (χ1) is 9.20. The summed E-state index contributed by atoms with van der Waals surface area (Å²) < 4.78 is 35.2. The van der Waals surface area contributed by atoms with E-state index in [0.29, 0.717) is 5.69 Å². The van der Waals surface area contributed by atoms with Crippen LogP contribution in [0, 0.1) is 11.6 Å². The smallest absolute Gasteiger partial charge is 0.167 e. The first-order valence-corrected chi connectivity index (χ1v) is 6.61. The van der Waals surface area contributed by atoms with Crippen LogP contribution in [0.3, 0.4) is 0 Å². The molecule has 0 atom stereocenters. The van der Waals surface area contributed by atoms with Crippen molar-refractivity contribution in [3.63, 3.8) is 0 Å².